The molecule has 2 aromatic heterocycles. The lowest BCUT2D eigenvalue weighted by Gasteiger charge is -2.30. The first kappa shape index (κ1) is 39.1. The van der Waals surface area contributed by atoms with Gasteiger partial charge in [-0.15, -0.1) is 11.3 Å². The van der Waals surface area contributed by atoms with Gasteiger partial charge in [-0.3, -0.25) is 33.4 Å². The molecule has 15 nitrogen and oxygen atoms in total. The van der Waals surface area contributed by atoms with Crippen LogP contribution in [0.1, 0.15) is 68.4 Å². The lowest BCUT2D eigenvalue weighted by molar-refractivity contribution is -0.142. The lowest BCUT2D eigenvalue weighted by Crippen LogP contribution is -2.61. The fourth-order valence-electron chi connectivity index (χ4n) is 6.63. The third-order valence-electron chi connectivity index (χ3n) is 9.57. The summed E-state index contributed by atoms with van der Waals surface area (Å²) in [5.74, 6) is -3.44. The van der Waals surface area contributed by atoms with Crippen LogP contribution >= 0.6 is 11.3 Å². The molecule has 284 valence electrons. The van der Waals surface area contributed by atoms with Crippen molar-refractivity contribution in [2.45, 2.75) is 95.1 Å². The Kier molecular flexibility index (Phi) is 13.4. The number of fused-ring (bicyclic) bond motifs is 1. The molecule has 1 aromatic carbocycles. The second kappa shape index (κ2) is 18.1. The molecular formula is C37H48N8O7S. The van der Waals surface area contributed by atoms with Gasteiger partial charge in [0.25, 0.3) is 5.91 Å². The van der Waals surface area contributed by atoms with Crippen LogP contribution in [-0.4, -0.2) is 105 Å². The Morgan fingerprint density at radius 2 is 1.70 bits per heavy atom. The minimum atomic E-state index is -1.47. The van der Waals surface area contributed by atoms with Gasteiger partial charge in [-0.1, -0.05) is 43.3 Å². The van der Waals surface area contributed by atoms with Crippen LogP contribution in [0.3, 0.4) is 0 Å². The Morgan fingerprint density at radius 1 is 0.943 bits per heavy atom. The number of nitrogens with zero attached hydrogens (tertiary/aromatic N) is 3. The minimum absolute atomic E-state index is 0.117. The van der Waals surface area contributed by atoms with Crippen LogP contribution in [0.2, 0.25) is 0 Å². The largest absolute Gasteiger partial charge is 0.391 e. The molecule has 4 heterocycles. The topological polar surface area (TPSA) is 204 Å². The molecule has 53 heavy (non-hydrogen) atoms. The molecular weight excluding hydrogens is 701 g/mol. The van der Waals surface area contributed by atoms with E-state index in [4.69, 9.17) is 0 Å². The number of nitrogens with one attached hydrogen (secondary N) is 5. The highest BCUT2D eigenvalue weighted by Gasteiger charge is 2.39. The van der Waals surface area contributed by atoms with E-state index in [1.807, 2.05) is 47.8 Å². The quantitative estimate of drug-likeness (QED) is 0.206. The van der Waals surface area contributed by atoms with Gasteiger partial charge in [-0.25, -0.2) is 0 Å². The van der Waals surface area contributed by atoms with Crippen molar-refractivity contribution < 1.29 is 33.9 Å². The van der Waals surface area contributed by atoms with Crippen molar-refractivity contribution in [3.8, 4) is 10.6 Å². The fourth-order valence-corrected chi connectivity index (χ4v) is 7.31. The summed E-state index contributed by atoms with van der Waals surface area (Å²) in [6, 6.07) is 9.02. The zero-order valence-corrected chi connectivity index (χ0v) is 31.0. The predicted octanol–water partition coefficient (Wildman–Crippen LogP) is 1.03. The first-order chi connectivity index (χ1) is 25.5. The van der Waals surface area contributed by atoms with Crippen molar-refractivity contribution in [2.24, 2.45) is 7.05 Å². The number of carbonyl (C=O) groups excluding carboxylic acids is 6. The highest BCUT2D eigenvalue weighted by atomic mass is 32.1. The molecule has 6 N–H and O–H groups in total. The maximum atomic E-state index is 14.0. The van der Waals surface area contributed by atoms with E-state index in [0.717, 1.165) is 10.4 Å². The molecule has 2 aliphatic rings. The van der Waals surface area contributed by atoms with Crippen LogP contribution in [0, 0.1) is 0 Å². The number of rotatable bonds is 7. The highest BCUT2D eigenvalue weighted by Crippen LogP contribution is 2.24. The first-order valence-electron chi connectivity index (χ1n) is 18.1. The van der Waals surface area contributed by atoms with Gasteiger partial charge in [0.05, 0.1) is 11.0 Å². The molecule has 2 aliphatic heterocycles. The van der Waals surface area contributed by atoms with Crippen molar-refractivity contribution in [3.63, 3.8) is 0 Å². The normalized spacial score (nSPS) is 24.4. The van der Waals surface area contributed by atoms with Gasteiger partial charge < -0.3 is 36.6 Å². The third kappa shape index (κ3) is 9.87. The second-order valence-electron chi connectivity index (χ2n) is 13.5. The van der Waals surface area contributed by atoms with Crippen LogP contribution in [0.25, 0.3) is 10.6 Å². The second-order valence-corrected chi connectivity index (χ2v) is 14.4. The number of aromatic nitrogens is 2. The van der Waals surface area contributed by atoms with Crippen molar-refractivity contribution in [3.05, 3.63) is 65.2 Å². The highest BCUT2D eigenvalue weighted by molar-refractivity contribution is 7.13. The summed E-state index contributed by atoms with van der Waals surface area (Å²) in [4.78, 5) is 84.4. The summed E-state index contributed by atoms with van der Waals surface area (Å²) >= 11 is 1.48. The van der Waals surface area contributed by atoms with Gasteiger partial charge in [0.2, 0.25) is 29.5 Å². The summed E-state index contributed by atoms with van der Waals surface area (Å²) in [5.41, 5.74) is 1.62. The molecule has 0 bridgehead atoms. The van der Waals surface area contributed by atoms with Crippen molar-refractivity contribution >= 4 is 46.8 Å². The van der Waals surface area contributed by atoms with Crippen molar-refractivity contribution in [1.82, 2.24) is 41.3 Å². The molecule has 0 spiro atoms. The van der Waals surface area contributed by atoms with Gasteiger partial charge in [0.1, 0.15) is 41.6 Å². The number of hydrogen-bond donors (Lipinski definition) is 6. The van der Waals surface area contributed by atoms with Crippen LogP contribution in [0.15, 0.2) is 53.9 Å². The van der Waals surface area contributed by atoms with Gasteiger partial charge in [0, 0.05) is 26.6 Å². The Morgan fingerprint density at radius 3 is 2.40 bits per heavy atom. The molecule has 6 amide bonds. The molecule has 2 fully saturated rings. The van der Waals surface area contributed by atoms with Gasteiger partial charge in [0.15, 0.2) is 0 Å². The summed E-state index contributed by atoms with van der Waals surface area (Å²) in [5, 5.41) is 30.7. The zero-order valence-electron chi connectivity index (χ0n) is 30.2. The number of aliphatic hydroxyl groups is 1. The van der Waals surface area contributed by atoms with E-state index in [-0.39, 0.29) is 37.4 Å². The molecule has 16 heteroatoms. The molecule has 0 radical (unpaired) electrons. The Hall–Kier alpha value is -5.09. The first-order valence-corrected chi connectivity index (χ1v) is 18.9. The minimum Gasteiger partial charge on any atom is -0.391 e. The Bertz CT molecular complexity index is 1760. The van der Waals surface area contributed by atoms with Crippen LogP contribution in [-0.2, 0) is 37.4 Å². The standard InChI is InChI=1S/C37H48N8O7S/c1-4-24-32(47)42-31(22(2)46)36(51)41-27(20-23-12-6-5-7-13-23)37(52)45-18-10-15-28(45)34(49)38-17-9-8-14-25(33(48)39-24)40-35(50)29-21-26(43-44(29)3)30-16-11-19-53-30/h5-7,11-13,16,19,21-22,24-25,27-28,31,46H,4,8-10,14-15,17-18,20H2,1-3H3,(H,38,49)(H,39,48)(H,40,50)(H,41,51)(H,42,47)/t22-,24+,25+,27-,28+,31+/m1/s1. The van der Waals surface area contributed by atoms with E-state index in [9.17, 15) is 33.9 Å². The summed E-state index contributed by atoms with van der Waals surface area (Å²) < 4.78 is 1.44. The average Bonchev–Trinajstić information content (AvgIpc) is 3.93. The maximum Gasteiger partial charge on any atom is 0.270 e. The smallest absolute Gasteiger partial charge is 0.270 e. The van der Waals surface area contributed by atoms with Crippen LogP contribution in [0.4, 0.5) is 0 Å². The molecule has 0 unspecified atom stereocenters. The molecule has 6 atom stereocenters. The van der Waals surface area contributed by atoms with Crippen LogP contribution in [0.5, 0.6) is 0 Å². The summed E-state index contributed by atoms with van der Waals surface area (Å²) in [6.07, 6.45) is 1.02. The number of thiophene rings is 1. The number of aryl methyl sites for hydroxylation is 1. The van der Waals surface area contributed by atoms with Crippen molar-refractivity contribution in [2.75, 3.05) is 13.1 Å². The molecule has 0 aliphatic carbocycles. The van der Waals surface area contributed by atoms with E-state index in [1.54, 1.807) is 20.0 Å². The Labute approximate surface area is 312 Å². The summed E-state index contributed by atoms with van der Waals surface area (Å²) in [6.45, 7) is 3.61. The van der Waals surface area contributed by atoms with E-state index in [2.05, 4.69) is 31.7 Å². The summed E-state index contributed by atoms with van der Waals surface area (Å²) in [7, 11) is 1.63. The van der Waals surface area contributed by atoms with Crippen molar-refractivity contribution in [1.29, 1.82) is 0 Å². The van der Waals surface area contributed by atoms with Crippen LogP contribution < -0.4 is 26.6 Å². The SMILES string of the molecule is CC[C@@H]1NC(=O)[C@@H](NC(=O)c2cc(-c3cccs3)nn2C)CCCCNC(=O)[C@@H]2CCCN2C(=O)[C@@H](Cc2ccccc2)NC(=O)[C@H]([C@@H](C)O)NC1=O. The van der Waals surface area contributed by atoms with E-state index < -0.39 is 65.8 Å². The zero-order chi connectivity index (χ0) is 38.1. The predicted molar refractivity (Wildman–Crippen MR) is 197 cm³/mol. The molecule has 0 saturated carbocycles. The van der Waals surface area contributed by atoms with E-state index in [0.29, 0.717) is 37.9 Å². The van der Waals surface area contributed by atoms with Gasteiger partial charge in [-0.05, 0) is 68.5 Å². The number of amides is 6. The molecule has 2 saturated heterocycles. The number of aliphatic hydroxyl groups excluding tert-OH is 1. The van der Waals surface area contributed by atoms with Gasteiger partial charge in [-0.2, -0.15) is 5.10 Å². The third-order valence-corrected chi connectivity index (χ3v) is 10.5. The fraction of sp³-hybridized carbons (Fsp3) is 0.486. The maximum absolute atomic E-state index is 14.0. The number of hydrogen-bond acceptors (Lipinski definition) is 9. The van der Waals surface area contributed by atoms with Gasteiger partial charge >= 0.3 is 0 Å². The number of carbonyl (C=O) groups is 6. The molecule has 5 rings (SSSR count). The average molecular weight is 749 g/mol. The lowest BCUT2D eigenvalue weighted by atomic mass is 10.0. The molecule has 3 aromatic rings. The number of benzene rings is 1. The van der Waals surface area contributed by atoms with E-state index in [1.165, 1.54) is 27.8 Å². The van der Waals surface area contributed by atoms with E-state index >= 15 is 0 Å². The monoisotopic (exact) mass is 748 g/mol. The Balaban J connectivity index is 1.39.